The molecule has 1 aliphatic carbocycles. The first-order valence-corrected chi connectivity index (χ1v) is 10.3. The van der Waals surface area contributed by atoms with E-state index in [2.05, 4.69) is 10.1 Å². The zero-order chi connectivity index (χ0) is 20.6. The van der Waals surface area contributed by atoms with Crippen molar-refractivity contribution in [3.63, 3.8) is 0 Å². The van der Waals surface area contributed by atoms with E-state index in [0.717, 1.165) is 24.2 Å². The van der Waals surface area contributed by atoms with E-state index in [1.165, 1.54) is 12.8 Å². The predicted molar refractivity (Wildman–Crippen MR) is 97.8 cm³/mol. The second-order valence-electron chi connectivity index (χ2n) is 8.54. The zero-order valence-electron chi connectivity index (χ0n) is 16.4. The number of carbonyl (C=O) groups is 2. The second kappa shape index (κ2) is 7.97. The third-order valence-corrected chi connectivity index (χ3v) is 5.88. The molecule has 2 N–H and O–H groups in total. The number of carbonyl (C=O) groups excluding carboxylic acids is 2. The van der Waals surface area contributed by atoms with Crippen molar-refractivity contribution in [1.82, 2.24) is 19.9 Å². The summed E-state index contributed by atoms with van der Waals surface area (Å²) in [6, 6.07) is -0.967. The van der Waals surface area contributed by atoms with E-state index < -0.39 is 24.9 Å². The molecular formula is C19H27F2N5O3. The van der Waals surface area contributed by atoms with Crippen molar-refractivity contribution in [1.29, 1.82) is 0 Å². The van der Waals surface area contributed by atoms with Crippen LogP contribution in [0.5, 0.6) is 0 Å². The lowest BCUT2D eigenvalue weighted by Crippen LogP contribution is -2.51. The number of hydrogen-bond donors (Lipinski definition) is 1. The summed E-state index contributed by atoms with van der Waals surface area (Å²) in [4.78, 5) is 31.9. The second-order valence-corrected chi connectivity index (χ2v) is 8.54. The average Bonchev–Trinajstić information content (AvgIpc) is 3.14. The van der Waals surface area contributed by atoms with Crippen LogP contribution in [0.4, 0.5) is 8.78 Å². The SMILES string of the molecule is N[C@H](CC(=O)N1CCC[C@H]1c1nc(CC2CC2)no1)CN1CC(F)(F)CCC1=O. The Bertz CT molecular complexity index is 767. The van der Waals surface area contributed by atoms with Gasteiger partial charge in [-0.1, -0.05) is 5.16 Å². The van der Waals surface area contributed by atoms with Gasteiger partial charge in [0.15, 0.2) is 5.82 Å². The van der Waals surface area contributed by atoms with Gasteiger partial charge in [-0.15, -0.1) is 0 Å². The molecule has 160 valence electrons. The zero-order valence-corrected chi connectivity index (χ0v) is 16.4. The topological polar surface area (TPSA) is 106 Å². The van der Waals surface area contributed by atoms with Gasteiger partial charge in [0.1, 0.15) is 6.04 Å². The monoisotopic (exact) mass is 411 g/mol. The Kier molecular flexibility index (Phi) is 5.54. The Labute approximate surface area is 167 Å². The van der Waals surface area contributed by atoms with Gasteiger partial charge in [-0.05, 0) is 31.6 Å². The fourth-order valence-electron chi connectivity index (χ4n) is 4.14. The molecule has 8 nitrogen and oxygen atoms in total. The quantitative estimate of drug-likeness (QED) is 0.732. The number of hydrogen-bond acceptors (Lipinski definition) is 6. The molecule has 0 bridgehead atoms. The number of nitrogens with two attached hydrogens (primary N) is 1. The summed E-state index contributed by atoms with van der Waals surface area (Å²) in [6.45, 7) is -0.117. The summed E-state index contributed by atoms with van der Waals surface area (Å²) in [5.74, 6) is -1.64. The Morgan fingerprint density at radius 2 is 2.14 bits per heavy atom. The number of amides is 2. The molecule has 0 unspecified atom stereocenters. The number of piperidine rings is 1. The fourth-order valence-corrected chi connectivity index (χ4v) is 4.14. The Morgan fingerprint density at radius 1 is 1.34 bits per heavy atom. The normalized spacial score (nSPS) is 25.5. The molecule has 1 aromatic rings. The van der Waals surface area contributed by atoms with Gasteiger partial charge in [0, 0.05) is 44.8 Å². The maximum atomic E-state index is 13.6. The summed E-state index contributed by atoms with van der Waals surface area (Å²) >= 11 is 0. The highest BCUT2D eigenvalue weighted by atomic mass is 19.3. The van der Waals surface area contributed by atoms with E-state index >= 15 is 0 Å². The largest absolute Gasteiger partial charge is 0.337 e. The number of likely N-dealkylation sites (tertiary alicyclic amines) is 2. The Hall–Kier alpha value is -2.10. The number of alkyl halides is 2. The maximum Gasteiger partial charge on any atom is 0.265 e. The number of rotatable bonds is 7. The van der Waals surface area contributed by atoms with Crippen LogP contribution < -0.4 is 5.73 Å². The van der Waals surface area contributed by atoms with Crippen molar-refractivity contribution < 1.29 is 22.9 Å². The van der Waals surface area contributed by atoms with E-state index in [0.29, 0.717) is 24.2 Å². The molecule has 2 atom stereocenters. The van der Waals surface area contributed by atoms with Crippen molar-refractivity contribution in [3.8, 4) is 0 Å². The highest BCUT2D eigenvalue weighted by molar-refractivity contribution is 5.79. The van der Waals surface area contributed by atoms with E-state index in [-0.39, 0.29) is 37.2 Å². The van der Waals surface area contributed by atoms with E-state index in [4.69, 9.17) is 10.3 Å². The molecule has 2 amide bonds. The van der Waals surface area contributed by atoms with Crippen molar-refractivity contribution in [3.05, 3.63) is 11.7 Å². The van der Waals surface area contributed by atoms with Crippen LogP contribution in [0.1, 0.15) is 62.7 Å². The van der Waals surface area contributed by atoms with Gasteiger partial charge in [-0.3, -0.25) is 9.59 Å². The third kappa shape index (κ3) is 4.91. The van der Waals surface area contributed by atoms with Crippen LogP contribution in [0, 0.1) is 5.92 Å². The first kappa shape index (κ1) is 20.2. The number of nitrogens with zero attached hydrogens (tertiary/aromatic N) is 4. The highest BCUT2D eigenvalue weighted by Gasteiger charge is 2.40. The molecule has 10 heteroatoms. The third-order valence-electron chi connectivity index (χ3n) is 5.88. The molecular weight excluding hydrogens is 384 g/mol. The molecule has 1 saturated carbocycles. The summed E-state index contributed by atoms with van der Waals surface area (Å²) in [7, 11) is 0. The van der Waals surface area contributed by atoms with Crippen LogP contribution in [0.25, 0.3) is 0 Å². The molecule has 29 heavy (non-hydrogen) atoms. The van der Waals surface area contributed by atoms with Crippen LogP contribution in [0.15, 0.2) is 4.52 Å². The van der Waals surface area contributed by atoms with Gasteiger partial charge in [0.05, 0.1) is 6.54 Å². The lowest BCUT2D eigenvalue weighted by molar-refractivity contribution is -0.148. The minimum Gasteiger partial charge on any atom is -0.337 e. The summed E-state index contributed by atoms with van der Waals surface area (Å²) in [5.41, 5.74) is 6.04. The van der Waals surface area contributed by atoms with Gasteiger partial charge >= 0.3 is 0 Å². The smallest absolute Gasteiger partial charge is 0.265 e. The lowest BCUT2D eigenvalue weighted by atomic mass is 10.0. The highest BCUT2D eigenvalue weighted by Crippen LogP contribution is 2.34. The molecule has 0 aromatic carbocycles. The predicted octanol–water partition coefficient (Wildman–Crippen LogP) is 1.66. The molecule has 3 aliphatic rings. The molecule has 4 rings (SSSR count). The van der Waals surface area contributed by atoms with Crippen LogP contribution >= 0.6 is 0 Å². The van der Waals surface area contributed by atoms with Crippen LogP contribution in [-0.2, 0) is 16.0 Å². The van der Waals surface area contributed by atoms with E-state index in [1.807, 2.05) is 0 Å². The lowest BCUT2D eigenvalue weighted by Gasteiger charge is -2.34. The van der Waals surface area contributed by atoms with Crippen molar-refractivity contribution in [2.45, 2.75) is 69.4 Å². The van der Waals surface area contributed by atoms with Gasteiger partial charge in [-0.2, -0.15) is 4.98 Å². The minimum atomic E-state index is -2.90. The van der Waals surface area contributed by atoms with Crippen molar-refractivity contribution >= 4 is 11.8 Å². The van der Waals surface area contributed by atoms with Gasteiger partial charge in [-0.25, -0.2) is 8.78 Å². The Morgan fingerprint density at radius 3 is 2.90 bits per heavy atom. The summed E-state index contributed by atoms with van der Waals surface area (Å²) in [6.07, 6.45) is 4.12. The number of aromatic nitrogens is 2. The van der Waals surface area contributed by atoms with Gasteiger partial charge in [0.2, 0.25) is 17.7 Å². The molecule has 3 heterocycles. The fraction of sp³-hybridized carbons (Fsp3) is 0.789. The molecule has 1 aromatic heterocycles. The molecule has 2 aliphatic heterocycles. The van der Waals surface area contributed by atoms with Crippen LogP contribution in [-0.4, -0.2) is 63.4 Å². The summed E-state index contributed by atoms with van der Waals surface area (Å²) in [5, 5.41) is 4.03. The number of halogens is 2. The van der Waals surface area contributed by atoms with Crippen LogP contribution in [0.3, 0.4) is 0 Å². The summed E-state index contributed by atoms with van der Waals surface area (Å²) < 4.78 is 32.6. The first-order valence-electron chi connectivity index (χ1n) is 10.3. The van der Waals surface area contributed by atoms with Crippen LogP contribution in [0.2, 0.25) is 0 Å². The molecule has 2 saturated heterocycles. The van der Waals surface area contributed by atoms with Crippen molar-refractivity contribution in [2.24, 2.45) is 11.7 Å². The van der Waals surface area contributed by atoms with E-state index in [9.17, 15) is 18.4 Å². The molecule has 3 fully saturated rings. The van der Waals surface area contributed by atoms with Crippen molar-refractivity contribution in [2.75, 3.05) is 19.6 Å². The molecule has 0 radical (unpaired) electrons. The first-order chi connectivity index (χ1) is 13.8. The Balaban J connectivity index is 1.33. The van der Waals surface area contributed by atoms with Gasteiger partial charge < -0.3 is 20.1 Å². The standard InChI is InChI=1S/C19H27F2N5O3/c20-19(21)6-5-16(27)25(11-19)10-13(22)9-17(28)26-7-1-2-14(26)18-23-15(24-29-18)8-12-3-4-12/h12-14H,1-11,22H2/t13-,14+/m1/s1. The van der Waals surface area contributed by atoms with Gasteiger partial charge in [0.25, 0.3) is 5.92 Å². The minimum absolute atomic E-state index is 0.0189. The average molecular weight is 411 g/mol. The molecule has 0 spiro atoms. The van der Waals surface area contributed by atoms with E-state index in [1.54, 1.807) is 4.90 Å². The maximum absolute atomic E-state index is 13.6.